The molecule has 2 aliphatic carbocycles. The first-order valence-electron chi connectivity index (χ1n) is 12.6. The van der Waals surface area contributed by atoms with Crippen LogP contribution in [0.4, 0.5) is 4.79 Å². The summed E-state index contributed by atoms with van der Waals surface area (Å²) in [7, 11) is 0. The number of carboxylic acids is 1. The molecule has 2 amide bonds. The second-order valence-electron chi connectivity index (χ2n) is 10.1. The molecule has 2 fully saturated rings. The molecule has 1 saturated carbocycles. The van der Waals surface area contributed by atoms with Crippen molar-refractivity contribution in [3.8, 4) is 11.1 Å². The van der Waals surface area contributed by atoms with Crippen LogP contribution in [0.3, 0.4) is 0 Å². The van der Waals surface area contributed by atoms with Crippen LogP contribution in [0.5, 0.6) is 0 Å². The standard InChI is InChI=1S/C28H32N2O5/c31-26(30-11-5-6-20(16-30)27(32)33)14-18-12-19(13-18)15-29-28(34)35-17-25-23-9-3-1-7-21(23)22-8-2-4-10-24(22)25/h1-4,7-10,18-20,25H,5-6,11-17H2,(H,29,34)(H,32,33)/t18?,19?,20-/m0/s1. The molecule has 184 valence electrons. The van der Waals surface area contributed by atoms with Crippen molar-refractivity contribution >= 4 is 18.0 Å². The molecule has 5 rings (SSSR count). The first kappa shape index (κ1) is 23.4. The third-order valence-electron chi connectivity index (χ3n) is 7.80. The van der Waals surface area contributed by atoms with E-state index in [1.54, 1.807) is 4.90 Å². The second kappa shape index (κ2) is 10.1. The first-order valence-corrected chi connectivity index (χ1v) is 12.6. The molecule has 0 radical (unpaired) electrons. The van der Waals surface area contributed by atoms with Crippen molar-refractivity contribution in [3.63, 3.8) is 0 Å². The number of fused-ring (bicyclic) bond motifs is 3. The Hall–Kier alpha value is -3.35. The smallest absolute Gasteiger partial charge is 0.407 e. The normalized spacial score (nSPS) is 23.1. The van der Waals surface area contributed by atoms with Crippen molar-refractivity contribution in [3.05, 3.63) is 59.7 Å². The van der Waals surface area contributed by atoms with Crippen molar-refractivity contribution in [2.75, 3.05) is 26.2 Å². The van der Waals surface area contributed by atoms with Gasteiger partial charge in [-0.3, -0.25) is 9.59 Å². The third-order valence-corrected chi connectivity index (χ3v) is 7.80. The van der Waals surface area contributed by atoms with Gasteiger partial charge < -0.3 is 20.1 Å². The predicted octanol–water partition coefficient (Wildman–Crippen LogP) is 4.26. The van der Waals surface area contributed by atoms with Gasteiger partial charge in [0.05, 0.1) is 5.92 Å². The van der Waals surface area contributed by atoms with Crippen LogP contribution in [0.1, 0.15) is 49.1 Å². The number of hydrogen-bond donors (Lipinski definition) is 2. The number of piperidine rings is 1. The molecular weight excluding hydrogens is 444 g/mol. The molecule has 3 aliphatic rings. The Kier molecular flexibility index (Phi) is 6.75. The summed E-state index contributed by atoms with van der Waals surface area (Å²) in [5.74, 6) is -0.496. The van der Waals surface area contributed by atoms with Gasteiger partial charge in [0.25, 0.3) is 0 Å². The molecular formula is C28H32N2O5. The maximum Gasteiger partial charge on any atom is 0.407 e. The average Bonchev–Trinajstić information content (AvgIpc) is 3.17. The van der Waals surface area contributed by atoms with Crippen LogP contribution in [0.2, 0.25) is 0 Å². The lowest BCUT2D eigenvalue weighted by atomic mass is 9.73. The van der Waals surface area contributed by atoms with Gasteiger partial charge in [0.15, 0.2) is 0 Å². The third kappa shape index (κ3) is 5.04. The number of carbonyl (C=O) groups is 3. The van der Waals surface area contributed by atoms with Crippen LogP contribution in [0.25, 0.3) is 11.1 Å². The summed E-state index contributed by atoms with van der Waals surface area (Å²) >= 11 is 0. The number of aliphatic carboxylic acids is 1. The van der Waals surface area contributed by atoms with Crippen molar-refractivity contribution < 1.29 is 24.2 Å². The lowest BCUT2D eigenvalue weighted by Crippen LogP contribution is -2.44. The fraction of sp³-hybridized carbons (Fsp3) is 0.464. The highest BCUT2D eigenvalue weighted by atomic mass is 16.5. The summed E-state index contributed by atoms with van der Waals surface area (Å²) in [6, 6.07) is 16.5. The zero-order valence-electron chi connectivity index (χ0n) is 19.8. The molecule has 2 aromatic rings. The van der Waals surface area contributed by atoms with Gasteiger partial charge in [-0.15, -0.1) is 0 Å². The Balaban J connectivity index is 1.03. The molecule has 35 heavy (non-hydrogen) atoms. The molecule has 1 aliphatic heterocycles. The van der Waals surface area contributed by atoms with Crippen LogP contribution in [0.15, 0.2) is 48.5 Å². The number of carboxylic acid groups (broad SMARTS) is 1. The molecule has 1 atom stereocenters. The van der Waals surface area contributed by atoms with Crippen LogP contribution >= 0.6 is 0 Å². The molecule has 0 aromatic heterocycles. The van der Waals surface area contributed by atoms with E-state index in [1.165, 1.54) is 22.3 Å². The van der Waals surface area contributed by atoms with E-state index >= 15 is 0 Å². The van der Waals surface area contributed by atoms with Crippen molar-refractivity contribution in [2.24, 2.45) is 17.8 Å². The van der Waals surface area contributed by atoms with E-state index < -0.39 is 18.0 Å². The predicted molar refractivity (Wildman–Crippen MR) is 131 cm³/mol. The number of carbonyl (C=O) groups excluding carboxylic acids is 2. The molecule has 1 saturated heterocycles. The monoisotopic (exact) mass is 476 g/mol. The van der Waals surface area contributed by atoms with Gasteiger partial charge in [-0.2, -0.15) is 0 Å². The highest BCUT2D eigenvalue weighted by molar-refractivity contribution is 5.79. The van der Waals surface area contributed by atoms with Crippen LogP contribution in [0, 0.1) is 17.8 Å². The number of nitrogens with one attached hydrogen (secondary N) is 1. The maximum atomic E-state index is 12.6. The van der Waals surface area contributed by atoms with E-state index in [0.717, 1.165) is 19.3 Å². The number of amides is 2. The number of alkyl carbamates (subject to hydrolysis) is 1. The van der Waals surface area contributed by atoms with Crippen LogP contribution in [-0.4, -0.2) is 54.2 Å². The van der Waals surface area contributed by atoms with E-state index in [0.29, 0.717) is 50.9 Å². The fourth-order valence-electron chi connectivity index (χ4n) is 5.87. The Morgan fingerprint density at radius 2 is 1.63 bits per heavy atom. The Morgan fingerprint density at radius 1 is 0.971 bits per heavy atom. The molecule has 2 aromatic carbocycles. The quantitative estimate of drug-likeness (QED) is 0.622. The van der Waals surface area contributed by atoms with E-state index in [1.807, 2.05) is 24.3 Å². The summed E-state index contributed by atoms with van der Waals surface area (Å²) in [5.41, 5.74) is 4.79. The molecule has 7 nitrogen and oxygen atoms in total. The van der Waals surface area contributed by atoms with Crippen LogP contribution < -0.4 is 5.32 Å². The lowest BCUT2D eigenvalue weighted by molar-refractivity contribution is -0.146. The van der Waals surface area contributed by atoms with Crippen LogP contribution in [-0.2, 0) is 14.3 Å². The zero-order valence-corrected chi connectivity index (χ0v) is 19.8. The highest BCUT2D eigenvalue weighted by Gasteiger charge is 2.34. The Labute approximate surface area is 205 Å². The fourth-order valence-corrected chi connectivity index (χ4v) is 5.87. The van der Waals surface area contributed by atoms with Gasteiger partial charge in [0.2, 0.25) is 5.91 Å². The van der Waals surface area contributed by atoms with E-state index in [-0.39, 0.29) is 11.8 Å². The summed E-state index contributed by atoms with van der Waals surface area (Å²) in [6.45, 7) is 1.83. The maximum absolute atomic E-state index is 12.6. The van der Waals surface area contributed by atoms with Crippen molar-refractivity contribution in [1.82, 2.24) is 10.2 Å². The summed E-state index contributed by atoms with van der Waals surface area (Å²) in [4.78, 5) is 37.9. The summed E-state index contributed by atoms with van der Waals surface area (Å²) in [6.07, 6.45) is 3.25. The van der Waals surface area contributed by atoms with E-state index in [2.05, 4.69) is 29.6 Å². The highest BCUT2D eigenvalue weighted by Crippen LogP contribution is 2.44. The van der Waals surface area contributed by atoms with Gasteiger partial charge in [-0.1, -0.05) is 48.5 Å². The minimum atomic E-state index is -0.814. The SMILES string of the molecule is O=C(NCC1CC(CC(=O)N2CCC[C@H](C(=O)O)C2)C1)OCC1c2ccccc2-c2ccccc21. The number of nitrogens with zero attached hydrogens (tertiary/aromatic N) is 1. The number of benzene rings is 2. The van der Waals surface area contributed by atoms with Gasteiger partial charge in [0, 0.05) is 32.0 Å². The number of rotatable bonds is 7. The topological polar surface area (TPSA) is 95.9 Å². The number of likely N-dealkylation sites (tertiary alicyclic amines) is 1. The Morgan fingerprint density at radius 3 is 2.29 bits per heavy atom. The average molecular weight is 477 g/mol. The van der Waals surface area contributed by atoms with E-state index in [4.69, 9.17) is 4.74 Å². The molecule has 1 heterocycles. The molecule has 0 unspecified atom stereocenters. The van der Waals surface area contributed by atoms with Gasteiger partial charge in [-0.05, 0) is 59.8 Å². The van der Waals surface area contributed by atoms with Gasteiger partial charge in [-0.25, -0.2) is 4.79 Å². The van der Waals surface area contributed by atoms with Crippen molar-refractivity contribution in [1.29, 1.82) is 0 Å². The lowest BCUT2D eigenvalue weighted by Gasteiger charge is -2.37. The number of ether oxygens (including phenoxy) is 1. The molecule has 7 heteroatoms. The molecule has 0 bridgehead atoms. The largest absolute Gasteiger partial charge is 0.481 e. The summed E-state index contributed by atoms with van der Waals surface area (Å²) < 4.78 is 5.60. The van der Waals surface area contributed by atoms with Gasteiger partial charge in [0.1, 0.15) is 6.61 Å². The molecule has 0 spiro atoms. The summed E-state index contributed by atoms with van der Waals surface area (Å²) in [5, 5.41) is 12.1. The second-order valence-corrected chi connectivity index (χ2v) is 10.1. The molecule has 2 N–H and O–H groups in total. The van der Waals surface area contributed by atoms with Gasteiger partial charge >= 0.3 is 12.1 Å². The zero-order chi connectivity index (χ0) is 24.4. The van der Waals surface area contributed by atoms with E-state index in [9.17, 15) is 19.5 Å². The minimum Gasteiger partial charge on any atom is -0.481 e. The Bertz CT molecular complexity index is 1060. The first-order chi connectivity index (χ1) is 17.0. The van der Waals surface area contributed by atoms with Crippen molar-refractivity contribution in [2.45, 2.75) is 38.0 Å². The number of hydrogen-bond acceptors (Lipinski definition) is 4. The minimum absolute atomic E-state index is 0.0442.